The fourth-order valence-electron chi connectivity index (χ4n) is 1.45. The molecule has 1 saturated heterocycles. The molecule has 0 bridgehead atoms. The first-order chi connectivity index (χ1) is 5.55. The molecular weight excluding hydrogens is 156 g/mol. The van der Waals surface area contributed by atoms with Crippen molar-refractivity contribution >= 4 is 5.91 Å². The van der Waals surface area contributed by atoms with Crippen LogP contribution in [-0.2, 0) is 4.79 Å². The van der Waals surface area contributed by atoms with Gasteiger partial charge in [0.15, 0.2) is 0 Å². The van der Waals surface area contributed by atoms with Crippen LogP contribution in [0.3, 0.4) is 0 Å². The Labute approximate surface area is 72.6 Å². The van der Waals surface area contributed by atoms with Gasteiger partial charge in [-0.05, 0) is 13.8 Å². The molecule has 1 aliphatic heterocycles. The molecule has 1 fully saturated rings. The molecule has 0 aromatic rings. The van der Waals surface area contributed by atoms with Crippen LogP contribution >= 0.6 is 0 Å². The highest BCUT2D eigenvalue weighted by molar-refractivity contribution is 5.77. The van der Waals surface area contributed by atoms with Crippen LogP contribution in [0.4, 0.5) is 0 Å². The summed E-state index contributed by atoms with van der Waals surface area (Å²) >= 11 is 0. The van der Waals surface area contributed by atoms with Crippen LogP contribution in [0.5, 0.6) is 0 Å². The van der Waals surface area contributed by atoms with Gasteiger partial charge in [-0.25, -0.2) is 0 Å². The number of amides is 1. The third kappa shape index (κ3) is 2.19. The molecule has 1 rings (SSSR count). The molecule has 70 valence electrons. The largest absolute Gasteiger partial charge is 0.387 e. The van der Waals surface area contributed by atoms with Gasteiger partial charge in [0.05, 0.1) is 0 Å². The summed E-state index contributed by atoms with van der Waals surface area (Å²) in [7, 11) is 0. The molecule has 0 saturated carbocycles. The Morgan fingerprint density at radius 2 is 2.33 bits per heavy atom. The van der Waals surface area contributed by atoms with Crippen LogP contribution in [0.15, 0.2) is 0 Å². The second kappa shape index (κ2) is 3.41. The maximum Gasteiger partial charge on any atom is 0.248 e. The number of hydrogen-bond acceptors (Lipinski definition) is 3. The van der Waals surface area contributed by atoms with E-state index in [2.05, 4.69) is 5.32 Å². The minimum absolute atomic E-state index is 0.0247. The number of aliphatic hydroxyl groups is 1. The number of rotatable bonds is 1. The van der Waals surface area contributed by atoms with Gasteiger partial charge in [0.25, 0.3) is 0 Å². The fraction of sp³-hybridized carbons (Fsp3) is 0.875. The standard InChI is InChI=1S/C8H16N2O2/c1-8(2)6-10(4-3-9-8)7(12)5-11/h9,11H,3-6H2,1-2H3. The Balaban J connectivity index is 2.52. The first kappa shape index (κ1) is 9.48. The molecule has 0 aliphatic carbocycles. The van der Waals surface area contributed by atoms with Gasteiger partial charge < -0.3 is 15.3 Å². The molecule has 4 heteroatoms. The van der Waals surface area contributed by atoms with Crippen molar-refractivity contribution in [3.63, 3.8) is 0 Å². The zero-order chi connectivity index (χ0) is 9.19. The molecule has 2 N–H and O–H groups in total. The topological polar surface area (TPSA) is 52.6 Å². The number of nitrogens with one attached hydrogen (secondary N) is 1. The molecule has 0 radical (unpaired) electrons. The maximum atomic E-state index is 11.1. The van der Waals surface area contributed by atoms with Gasteiger partial charge in [-0.3, -0.25) is 4.79 Å². The van der Waals surface area contributed by atoms with E-state index < -0.39 is 0 Å². The van der Waals surface area contributed by atoms with Crippen molar-refractivity contribution in [2.24, 2.45) is 0 Å². The summed E-state index contributed by atoms with van der Waals surface area (Å²) in [4.78, 5) is 12.8. The number of hydrogen-bond donors (Lipinski definition) is 2. The molecule has 1 heterocycles. The van der Waals surface area contributed by atoms with Gasteiger partial charge in [0, 0.05) is 25.2 Å². The van der Waals surface area contributed by atoms with Gasteiger partial charge >= 0.3 is 0 Å². The van der Waals surface area contributed by atoms with E-state index in [9.17, 15) is 4.79 Å². The lowest BCUT2D eigenvalue weighted by Gasteiger charge is -2.38. The second-order valence-electron chi connectivity index (χ2n) is 3.78. The molecular formula is C8H16N2O2. The van der Waals surface area contributed by atoms with Crippen molar-refractivity contribution in [3.8, 4) is 0 Å². The molecule has 4 nitrogen and oxygen atoms in total. The van der Waals surface area contributed by atoms with E-state index in [0.717, 1.165) is 6.54 Å². The van der Waals surface area contributed by atoms with Crippen LogP contribution in [0.1, 0.15) is 13.8 Å². The van der Waals surface area contributed by atoms with Crippen molar-refractivity contribution < 1.29 is 9.90 Å². The zero-order valence-electron chi connectivity index (χ0n) is 7.63. The number of carbonyl (C=O) groups is 1. The van der Waals surface area contributed by atoms with Gasteiger partial charge in [0.1, 0.15) is 6.61 Å². The predicted molar refractivity (Wildman–Crippen MR) is 45.7 cm³/mol. The Bertz CT molecular complexity index is 180. The first-order valence-corrected chi connectivity index (χ1v) is 4.19. The number of piperazine rings is 1. The number of aliphatic hydroxyl groups excluding tert-OH is 1. The fourth-order valence-corrected chi connectivity index (χ4v) is 1.45. The monoisotopic (exact) mass is 172 g/mol. The van der Waals surface area contributed by atoms with E-state index in [0.29, 0.717) is 13.1 Å². The van der Waals surface area contributed by atoms with E-state index >= 15 is 0 Å². The van der Waals surface area contributed by atoms with Crippen LogP contribution in [0, 0.1) is 0 Å². The molecule has 0 atom stereocenters. The smallest absolute Gasteiger partial charge is 0.248 e. The van der Waals surface area contributed by atoms with Gasteiger partial charge in [-0.2, -0.15) is 0 Å². The SMILES string of the molecule is CC1(C)CN(C(=O)CO)CCN1. The molecule has 12 heavy (non-hydrogen) atoms. The molecule has 0 spiro atoms. The molecule has 0 aromatic heterocycles. The van der Waals surface area contributed by atoms with E-state index in [1.807, 2.05) is 13.8 Å². The van der Waals surface area contributed by atoms with E-state index in [4.69, 9.17) is 5.11 Å². The number of carbonyl (C=O) groups excluding carboxylic acids is 1. The highest BCUT2D eigenvalue weighted by Gasteiger charge is 2.27. The second-order valence-corrected chi connectivity index (χ2v) is 3.78. The van der Waals surface area contributed by atoms with Gasteiger partial charge in [0.2, 0.25) is 5.91 Å². The van der Waals surface area contributed by atoms with Crippen molar-refractivity contribution in [2.75, 3.05) is 26.2 Å². The normalized spacial score (nSPS) is 22.4. The summed E-state index contributed by atoms with van der Waals surface area (Å²) in [6.45, 7) is 5.89. The average molecular weight is 172 g/mol. The van der Waals surface area contributed by atoms with Crippen LogP contribution in [0.25, 0.3) is 0 Å². The summed E-state index contributed by atoms with van der Waals surface area (Å²) in [6.07, 6.45) is 0. The Morgan fingerprint density at radius 3 is 2.83 bits per heavy atom. The van der Waals surface area contributed by atoms with Crippen molar-refractivity contribution in [2.45, 2.75) is 19.4 Å². The summed E-state index contributed by atoms with van der Waals surface area (Å²) < 4.78 is 0. The quantitative estimate of drug-likeness (QED) is 0.544. The predicted octanol–water partition coefficient (Wildman–Crippen LogP) is -0.811. The maximum absolute atomic E-state index is 11.1. The first-order valence-electron chi connectivity index (χ1n) is 4.19. The molecule has 1 aliphatic rings. The Hall–Kier alpha value is -0.610. The summed E-state index contributed by atoms with van der Waals surface area (Å²) in [5.74, 6) is -0.176. The third-order valence-corrected chi connectivity index (χ3v) is 2.06. The Morgan fingerprint density at radius 1 is 1.67 bits per heavy atom. The van der Waals surface area contributed by atoms with E-state index in [-0.39, 0.29) is 18.1 Å². The Kier molecular flexibility index (Phi) is 2.69. The zero-order valence-corrected chi connectivity index (χ0v) is 7.63. The average Bonchev–Trinajstić information content (AvgIpc) is 2.01. The third-order valence-electron chi connectivity index (χ3n) is 2.06. The van der Waals surface area contributed by atoms with Crippen molar-refractivity contribution in [1.29, 1.82) is 0 Å². The van der Waals surface area contributed by atoms with Crippen molar-refractivity contribution in [1.82, 2.24) is 10.2 Å². The van der Waals surface area contributed by atoms with Crippen LogP contribution in [-0.4, -0.2) is 47.7 Å². The lowest BCUT2D eigenvalue weighted by Crippen LogP contribution is -2.58. The highest BCUT2D eigenvalue weighted by atomic mass is 16.3. The molecule has 0 aromatic carbocycles. The lowest BCUT2D eigenvalue weighted by atomic mass is 10.0. The minimum Gasteiger partial charge on any atom is -0.387 e. The summed E-state index contributed by atoms with van der Waals surface area (Å²) in [5.41, 5.74) is -0.0247. The van der Waals surface area contributed by atoms with E-state index in [1.54, 1.807) is 4.90 Å². The van der Waals surface area contributed by atoms with Crippen molar-refractivity contribution in [3.05, 3.63) is 0 Å². The number of nitrogens with zero attached hydrogens (tertiary/aromatic N) is 1. The molecule has 1 amide bonds. The highest BCUT2D eigenvalue weighted by Crippen LogP contribution is 2.09. The molecule has 0 unspecified atom stereocenters. The summed E-state index contributed by atoms with van der Waals surface area (Å²) in [5, 5.41) is 11.9. The lowest BCUT2D eigenvalue weighted by molar-refractivity contribution is -0.136. The van der Waals surface area contributed by atoms with E-state index in [1.165, 1.54) is 0 Å². The van der Waals surface area contributed by atoms with Gasteiger partial charge in [-0.1, -0.05) is 0 Å². The van der Waals surface area contributed by atoms with Crippen LogP contribution in [0.2, 0.25) is 0 Å². The minimum atomic E-state index is -0.379. The van der Waals surface area contributed by atoms with Crippen LogP contribution < -0.4 is 5.32 Å². The van der Waals surface area contributed by atoms with Gasteiger partial charge in [-0.15, -0.1) is 0 Å². The summed E-state index contributed by atoms with van der Waals surface area (Å²) in [6, 6.07) is 0.